The second-order valence-electron chi connectivity index (χ2n) is 4.51. The molecule has 4 nitrogen and oxygen atoms in total. The van der Waals surface area contributed by atoms with E-state index in [1.807, 2.05) is 6.07 Å². The minimum atomic E-state index is 0.635. The van der Waals surface area contributed by atoms with Crippen molar-refractivity contribution in [2.45, 2.75) is 38.8 Å². The third-order valence-corrected chi connectivity index (χ3v) is 3.07. The molecule has 0 amide bonds. The van der Waals surface area contributed by atoms with E-state index < -0.39 is 0 Å². The molecule has 0 aromatic carbocycles. The van der Waals surface area contributed by atoms with Crippen LogP contribution in [-0.4, -0.2) is 35.7 Å². The van der Waals surface area contributed by atoms with Gasteiger partial charge in [0.2, 0.25) is 0 Å². The maximum atomic E-state index is 5.16. The Morgan fingerprint density at radius 1 is 1.62 bits per heavy atom. The SMILES string of the molecule is CCCC1CN(Cc2ccno2)CCCN1. The van der Waals surface area contributed by atoms with E-state index in [4.69, 9.17) is 4.52 Å². The van der Waals surface area contributed by atoms with E-state index in [0.29, 0.717) is 6.04 Å². The van der Waals surface area contributed by atoms with Gasteiger partial charge in [0.25, 0.3) is 0 Å². The molecule has 1 aliphatic heterocycles. The molecule has 0 saturated carbocycles. The Kier molecular flexibility index (Phi) is 4.36. The second-order valence-corrected chi connectivity index (χ2v) is 4.51. The second kappa shape index (κ2) is 6.01. The Morgan fingerprint density at radius 3 is 3.31 bits per heavy atom. The number of nitrogens with one attached hydrogen (secondary N) is 1. The highest BCUT2D eigenvalue weighted by atomic mass is 16.5. The third-order valence-electron chi connectivity index (χ3n) is 3.07. The molecule has 90 valence electrons. The highest BCUT2D eigenvalue weighted by Gasteiger charge is 2.17. The fraction of sp³-hybridized carbons (Fsp3) is 0.750. The van der Waals surface area contributed by atoms with E-state index in [0.717, 1.165) is 31.9 Å². The van der Waals surface area contributed by atoms with Gasteiger partial charge in [0.1, 0.15) is 0 Å². The highest BCUT2D eigenvalue weighted by molar-refractivity contribution is 4.93. The molecule has 16 heavy (non-hydrogen) atoms. The zero-order valence-corrected chi connectivity index (χ0v) is 9.98. The van der Waals surface area contributed by atoms with Crippen molar-refractivity contribution in [3.8, 4) is 0 Å². The molecule has 1 saturated heterocycles. The Labute approximate surface area is 97.0 Å². The molecule has 1 aromatic heterocycles. The lowest BCUT2D eigenvalue weighted by Crippen LogP contribution is -2.37. The number of hydrogen-bond acceptors (Lipinski definition) is 4. The average Bonchev–Trinajstić information content (AvgIpc) is 2.67. The number of hydrogen-bond donors (Lipinski definition) is 1. The maximum absolute atomic E-state index is 5.16. The van der Waals surface area contributed by atoms with Gasteiger partial charge in [-0.2, -0.15) is 0 Å². The highest BCUT2D eigenvalue weighted by Crippen LogP contribution is 2.09. The fourth-order valence-corrected chi connectivity index (χ4v) is 2.31. The van der Waals surface area contributed by atoms with Crippen LogP contribution in [0, 0.1) is 0 Å². The number of rotatable bonds is 4. The number of nitrogens with zero attached hydrogens (tertiary/aromatic N) is 2. The summed E-state index contributed by atoms with van der Waals surface area (Å²) in [4.78, 5) is 2.46. The summed E-state index contributed by atoms with van der Waals surface area (Å²) in [6.07, 6.45) is 5.43. The topological polar surface area (TPSA) is 41.3 Å². The minimum Gasteiger partial charge on any atom is -0.360 e. The van der Waals surface area contributed by atoms with Crippen molar-refractivity contribution in [2.24, 2.45) is 0 Å². The first kappa shape index (κ1) is 11.6. The van der Waals surface area contributed by atoms with Crippen LogP contribution in [0.25, 0.3) is 0 Å². The average molecular weight is 223 g/mol. The first-order valence-corrected chi connectivity index (χ1v) is 6.23. The quantitative estimate of drug-likeness (QED) is 0.842. The van der Waals surface area contributed by atoms with Crippen molar-refractivity contribution in [3.63, 3.8) is 0 Å². The van der Waals surface area contributed by atoms with E-state index in [9.17, 15) is 0 Å². The summed E-state index contributed by atoms with van der Waals surface area (Å²) in [5, 5.41) is 7.35. The van der Waals surface area contributed by atoms with Gasteiger partial charge in [0.05, 0.1) is 12.7 Å². The standard InChI is InChI=1S/C12H21N3O/c1-2-4-11-9-15(8-3-6-13-11)10-12-5-7-14-16-12/h5,7,11,13H,2-4,6,8-10H2,1H3. The molecule has 4 heteroatoms. The van der Waals surface area contributed by atoms with Crippen LogP contribution in [0.3, 0.4) is 0 Å². The van der Waals surface area contributed by atoms with Crippen LogP contribution >= 0.6 is 0 Å². The molecular formula is C12H21N3O. The van der Waals surface area contributed by atoms with Crippen LogP contribution < -0.4 is 5.32 Å². The summed E-state index contributed by atoms with van der Waals surface area (Å²) in [6.45, 7) is 6.54. The van der Waals surface area contributed by atoms with E-state index in [1.165, 1.54) is 19.3 Å². The van der Waals surface area contributed by atoms with Crippen molar-refractivity contribution in [1.29, 1.82) is 0 Å². The molecule has 1 aliphatic rings. The lowest BCUT2D eigenvalue weighted by atomic mass is 10.1. The van der Waals surface area contributed by atoms with Crippen LogP contribution in [0.5, 0.6) is 0 Å². The summed E-state index contributed by atoms with van der Waals surface area (Å²) < 4.78 is 5.16. The first-order chi connectivity index (χ1) is 7.88. The van der Waals surface area contributed by atoms with Gasteiger partial charge in [-0.25, -0.2) is 0 Å². The zero-order valence-electron chi connectivity index (χ0n) is 9.98. The monoisotopic (exact) mass is 223 g/mol. The normalized spacial score (nSPS) is 23.2. The largest absolute Gasteiger partial charge is 0.360 e. The van der Waals surface area contributed by atoms with Gasteiger partial charge in [-0.05, 0) is 25.9 Å². The van der Waals surface area contributed by atoms with Crippen LogP contribution in [0.4, 0.5) is 0 Å². The van der Waals surface area contributed by atoms with Gasteiger partial charge in [-0.3, -0.25) is 4.90 Å². The van der Waals surface area contributed by atoms with Crippen LogP contribution in [0.15, 0.2) is 16.8 Å². The number of aromatic nitrogens is 1. The summed E-state index contributed by atoms with van der Waals surface area (Å²) in [5.74, 6) is 0.970. The first-order valence-electron chi connectivity index (χ1n) is 6.23. The van der Waals surface area contributed by atoms with E-state index in [2.05, 4.69) is 22.3 Å². The van der Waals surface area contributed by atoms with E-state index in [-0.39, 0.29) is 0 Å². The van der Waals surface area contributed by atoms with Gasteiger partial charge < -0.3 is 9.84 Å². The van der Waals surface area contributed by atoms with Gasteiger partial charge in [0.15, 0.2) is 5.76 Å². The molecule has 1 fully saturated rings. The summed E-state index contributed by atoms with van der Waals surface area (Å²) in [6, 6.07) is 2.59. The van der Waals surface area contributed by atoms with E-state index >= 15 is 0 Å². The van der Waals surface area contributed by atoms with Gasteiger partial charge in [-0.1, -0.05) is 18.5 Å². The predicted molar refractivity (Wildman–Crippen MR) is 63.1 cm³/mol. The van der Waals surface area contributed by atoms with E-state index in [1.54, 1.807) is 6.20 Å². The van der Waals surface area contributed by atoms with Gasteiger partial charge in [0, 0.05) is 18.7 Å². The maximum Gasteiger partial charge on any atom is 0.150 e. The predicted octanol–water partition coefficient (Wildman–Crippen LogP) is 1.64. The molecular weight excluding hydrogens is 202 g/mol. The Morgan fingerprint density at radius 2 is 2.56 bits per heavy atom. The van der Waals surface area contributed by atoms with Crippen molar-refractivity contribution in [3.05, 3.63) is 18.0 Å². The zero-order chi connectivity index (χ0) is 11.2. The molecule has 2 rings (SSSR count). The molecule has 0 spiro atoms. The fourth-order valence-electron chi connectivity index (χ4n) is 2.31. The molecule has 1 unspecified atom stereocenters. The van der Waals surface area contributed by atoms with Crippen LogP contribution in [0.2, 0.25) is 0 Å². The molecule has 0 bridgehead atoms. The Hall–Kier alpha value is -0.870. The smallest absolute Gasteiger partial charge is 0.150 e. The van der Waals surface area contributed by atoms with Crippen molar-refractivity contribution in [1.82, 2.24) is 15.4 Å². The van der Waals surface area contributed by atoms with Crippen LogP contribution in [-0.2, 0) is 6.54 Å². The minimum absolute atomic E-state index is 0.635. The van der Waals surface area contributed by atoms with Crippen molar-refractivity contribution >= 4 is 0 Å². The van der Waals surface area contributed by atoms with Gasteiger partial charge in [-0.15, -0.1) is 0 Å². The third kappa shape index (κ3) is 3.32. The van der Waals surface area contributed by atoms with Crippen LogP contribution in [0.1, 0.15) is 31.9 Å². The molecule has 2 heterocycles. The molecule has 0 radical (unpaired) electrons. The molecule has 1 atom stereocenters. The molecule has 1 aromatic rings. The Balaban J connectivity index is 1.87. The molecule has 0 aliphatic carbocycles. The van der Waals surface area contributed by atoms with Crippen molar-refractivity contribution in [2.75, 3.05) is 19.6 Å². The van der Waals surface area contributed by atoms with Crippen molar-refractivity contribution < 1.29 is 4.52 Å². The molecule has 1 N–H and O–H groups in total. The summed E-state index contributed by atoms with van der Waals surface area (Å²) in [7, 11) is 0. The summed E-state index contributed by atoms with van der Waals surface area (Å²) in [5.41, 5.74) is 0. The lowest BCUT2D eigenvalue weighted by Gasteiger charge is -2.22. The lowest BCUT2D eigenvalue weighted by molar-refractivity contribution is 0.224. The summed E-state index contributed by atoms with van der Waals surface area (Å²) >= 11 is 0. The van der Waals surface area contributed by atoms with Gasteiger partial charge >= 0.3 is 0 Å². The Bertz CT molecular complexity index is 286.